The van der Waals surface area contributed by atoms with Crippen molar-refractivity contribution >= 4 is 11.8 Å². The van der Waals surface area contributed by atoms with E-state index in [1.165, 1.54) is 4.68 Å². The first-order valence-corrected chi connectivity index (χ1v) is 5.81. The molecule has 0 aliphatic carbocycles. The Morgan fingerprint density at radius 2 is 2.30 bits per heavy atom. The van der Waals surface area contributed by atoms with Crippen LogP contribution in [-0.2, 0) is 11.3 Å². The molecule has 108 valence electrons. The Balaban J connectivity index is 2.53. The van der Waals surface area contributed by atoms with Crippen LogP contribution in [0.15, 0.2) is 6.20 Å². The Labute approximate surface area is 115 Å². The van der Waals surface area contributed by atoms with Crippen LogP contribution < -0.4 is 5.32 Å². The van der Waals surface area contributed by atoms with Gasteiger partial charge >= 0.3 is 11.8 Å². The standard InChI is InChI=1S/C11H15N5O4/c1-11(2,3)20-10(17)13-4-5-15-7-9(16(18)19)8(6-12)14-15/h7H,4-5H2,1-3H3,(H,13,17). The number of carbonyl (C=O) groups excluding carboxylic acids is 1. The summed E-state index contributed by atoms with van der Waals surface area (Å²) >= 11 is 0. The monoisotopic (exact) mass is 281 g/mol. The van der Waals surface area contributed by atoms with Crippen molar-refractivity contribution in [3.63, 3.8) is 0 Å². The second-order valence-corrected chi connectivity index (χ2v) is 4.92. The summed E-state index contributed by atoms with van der Waals surface area (Å²) in [6.07, 6.45) is 0.564. The second-order valence-electron chi connectivity index (χ2n) is 4.92. The highest BCUT2D eigenvalue weighted by molar-refractivity contribution is 5.67. The highest BCUT2D eigenvalue weighted by Crippen LogP contribution is 2.14. The minimum absolute atomic E-state index is 0.179. The Morgan fingerprint density at radius 1 is 1.65 bits per heavy atom. The molecule has 1 aromatic rings. The average Bonchev–Trinajstić information content (AvgIpc) is 2.70. The van der Waals surface area contributed by atoms with Gasteiger partial charge in [0.15, 0.2) is 0 Å². The highest BCUT2D eigenvalue weighted by atomic mass is 16.6. The summed E-state index contributed by atoms with van der Waals surface area (Å²) in [7, 11) is 0. The lowest BCUT2D eigenvalue weighted by Crippen LogP contribution is -2.34. The molecule has 1 amide bonds. The van der Waals surface area contributed by atoms with E-state index in [1.54, 1.807) is 26.8 Å². The fourth-order valence-corrected chi connectivity index (χ4v) is 1.33. The maximum atomic E-state index is 11.4. The van der Waals surface area contributed by atoms with Crippen LogP contribution in [0, 0.1) is 21.4 Å². The lowest BCUT2D eigenvalue weighted by atomic mass is 10.2. The van der Waals surface area contributed by atoms with E-state index >= 15 is 0 Å². The molecular formula is C11H15N5O4. The predicted molar refractivity (Wildman–Crippen MR) is 67.8 cm³/mol. The zero-order valence-electron chi connectivity index (χ0n) is 11.4. The van der Waals surface area contributed by atoms with E-state index in [9.17, 15) is 14.9 Å². The smallest absolute Gasteiger partial charge is 0.407 e. The third kappa shape index (κ3) is 4.56. The number of carbonyl (C=O) groups is 1. The van der Waals surface area contributed by atoms with E-state index < -0.39 is 16.6 Å². The molecule has 0 fully saturated rings. The first-order valence-electron chi connectivity index (χ1n) is 5.81. The molecule has 0 aromatic carbocycles. The minimum atomic E-state index is -0.677. The van der Waals surface area contributed by atoms with Crippen LogP contribution in [0.2, 0.25) is 0 Å². The number of hydrogen-bond donors (Lipinski definition) is 1. The van der Waals surface area contributed by atoms with Gasteiger partial charge in [-0.2, -0.15) is 10.4 Å². The summed E-state index contributed by atoms with van der Waals surface area (Å²) in [5.41, 5.74) is -1.21. The number of nitrogens with one attached hydrogen (secondary N) is 1. The number of rotatable bonds is 4. The van der Waals surface area contributed by atoms with Crippen molar-refractivity contribution in [2.75, 3.05) is 6.54 Å². The van der Waals surface area contributed by atoms with Crippen LogP contribution in [0.1, 0.15) is 26.5 Å². The third-order valence-electron chi connectivity index (χ3n) is 2.05. The molecule has 1 rings (SSSR count). The van der Waals surface area contributed by atoms with Gasteiger partial charge in [-0.25, -0.2) is 4.79 Å². The summed E-state index contributed by atoms with van der Waals surface area (Å²) in [6, 6.07) is 1.64. The quantitative estimate of drug-likeness (QED) is 0.653. The van der Waals surface area contributed by atoms with Crippen molar-refractivity contribution in [1.29, 1.82) is 5.26 Å². The number of alkyl carbamates (subject to hydrolysis) is 1. The average molecular weight is 281 g/mol. The first-order chi connectivity index (χ1) is 9.23. The van der Waals surface area contributed by atoms with Crippen molar-refractivity contribution in [1.82, 2.24) is 15.1 Å². The van der Waals surface area contributed by atoms with Crippen LogP contribution in [0.5, 0.6) is 0 Å². The summed E-state index contributed by atoms with van der Waals surface area (Å²) in [5.74, 6) is 0. The van der Waals surface area contributed by atoms with E-state index in [-0.39, 0.29) is 24.5 Å². The van der Waals surface area contributed by atoms with Gasteiger partial charge in [-0.05, 0) is 20.8 Å². The molecule has 9 nitrogen and oxygen atoms in total. The third-order valence-corrected chi connectivity index (χ3v) is 2.05. The molecular weight excluding hydrogens is 266 g/mol. The number of hydrogen-bond acceptors (Lipinski definition) is 6. The largest absolute Gasteiger partial charge is 0.444 e. The van der Waals surface area contributed by atoms with Crippen molar-refractivity contribution in [3.05, 3.63) is 22.0 Å². The number of ether oxygens (including phenoxy) is 1. The van der Waals surface area contributed by atoms with Gasteiger partial charge in [-0.3, -0.25) is 14.8 Å². The van der Waals surface area contributed by atoms with Crippen LogP contribution in [0.3, 0.4) is 0 Å². The molecule has 0 saturated heterocycles. The van der Waals surface area contributed by atoms with Crippen molar-refractivity contribution in [2.24, 2.45) is 0 Å². The van der Waals surface area contributed by atoms with Gasteiger partial charge in [-0.1, -0.05) is 0 Å². The maximum absolute atomic E-state index is 11.4. The zero-order chi connectivity index (χ0) is 15.3. The highest BCUT2D eigenvalue weighted by Gasteiger charge is 2.19. The van der Waals surface area contributed by atoms with Gasteiger partial charge in [0.1, 0.15) is 17.9 Å². The molecule has 0 spiro atoms. The lowest BCUT2D eigenvalue weighted by Gasteiger charge is -2.19. The van der Waals surface area contributed by atoms with Gasteiger partial charge < -0.3 is 10.1 Å². The van der Waals surface area contributed by atoms with E-state index in [0.717, 1.165) is 6.20 Å². The minimum Gasteiger partial charge on any atom is -0.444 e. The molecule has 0 unspecified atom stereocenters. The van der Waals surface area contributed by atoms with Gasteiger partial charge in [0.05, 0.1) is 11.5 Å². The molecule has 0 aliphatic heterocycles. The molecule has 0 aliphatic rings. The molecule has 1 aromatic heterocycles. The van der Waals surface area contributed by atoms with Gasteiger partial charge in [0.2, 0.25) is 5.69 Å². The molecule has 1 N–H and O–H groups in total. The Bertz CT molecular complexity index is 552. The second kappa shape index (κ2) is 6.01. The Morgan fingerprint density at radius 3 is 2.75 bits per heavy atom. The van der Waals surface area contributed by atoms with Gasteiger partial charge in [-0.15, -0.1) is 0 Å². The number of nitro groups is 1. The molecule has 0 bridgehead atoms. The van der Waals surface area contributed by atoms with E-state index in [2.05, 4.69) is 10.4 Å². The van der Waals surface area contributed by atoms with E-state index in [1.807, 2.05) is 0 Å². The molecule has 9 heteroatoms. The maximum Gasteiger partial charge on any atom is 0.407 e. The van der Waals surface area contributed by atoms with E-state index in [4.69, 9.17) is 10.00 Å². The number of aromatic nitrogens is 2. The van der Waals surface area contributed by atoms with Crippen LogP contribution in [-0.4, -0.2) is 32.9 Å². The van der Waals surface area contributed by atoms with Crippen molar-refractivity contribution in [3.8, 4) is 6.07 Å². The Hall–Kier alpha value is -2.63. The van der Waals surface area contributed by atoms with E-state index in [0.29, 0.717) is 0 Å². The predicted octanol–water partition coefficient (Wildman–Crippen LogP) is 1.19. The molecule has 0 radical (unpaired) electrons. The number of nitriles is 1. The number of amides is 1. The topological polar surface area (TPSA) is 123 Å². The summed E-state index contributed by atoms with van der Waals surface area (Å²) < 4.78 is 6.25. The summed E-state index contributed by atoms with van der Waals surface area (Å²) in [5, 5.41) is 25.6. The zero-order valence-corrected chi connectivity index (χ0v) is 11.4. The first kappa shape index (κ1) is 15.4. The van der Waals surface area contributed by atoms with Crippen LogP contribution in [0.25, 0.3) is 0 Å². The van der Waals surface area contributed by atoms with Gasteiger partial charge in [0, 0.05) is 6.54 Å². The van der Waals surface area contributed by atoms with Crippen LogP contribution >= 0.6 is 0 Å². The molecule has 20 heavy (non-hydrogen) atoms. The normalized spacial score (nSPS) is 10.7. The molecule has 0 atom stereocenters. The SMILES string of the molecule is CC(C)(C)OC(=O)NCCn1cc([N+](=O)[O-])c(C#N)n1. The van der Waals surface area contributed by atoms with Crippen molar-refractivity contribution < 1.29 is 14.5 Å². The fourth-order valence-electron chi connectivity index (χ4n) is 1.33. The lowest BCUT2D eigenvalue weighted by molar-refractivity contribution is -0.385. The summed E-state index contributed by atoms with van der Waals surface area (Å²) in [4.78, 5) is 21.3. The fraction of sp³-hybridized carbons (Fsp3) is 0.545. The Kier molecular flexibility index (Phi) is 4.63. The van der Waals surface area contributed by atoms with Crippen LogP contribution in [0.4, 0.5) is 10.5 Å². The summed E-state index contributed by atoms with van der Waals surface area (Å²) in [6.45, 7) is 5.59. The van der Waals surface area contributed by atoms with Crippen molar-refractivity contribution in [2.45, 2.75) is 32.9 Å². The van der Waals surface area contributed by atoms with Gasteiger partial charge in [0.25, 0.3) is 0 Å². The molecule has 0 saturated carbocycles. The number of nitrogens with zero attached hydrogens (tertiary/aromatic N) is 4. The molecule has 1 heterocycles.